The number of aromatic nitrogens is 4. The van der Waals surface area contributed by atoms with Gasteiger partial charge < -0.3 is 14.7 Å². The third-order valence-electron chi connectivity index (χ3n) is 4.20. The lowest BCUT2D eigenvalue weighted by Crippen LogP contribution is -2.47. The van der Waals surface area contributed by atoms with Crippen LogP contribution < -0.4 is 14.7 Å². The van der Waals surface area contributed by atoms with Gasteiger partial charge in [0.05, 0.1) is 0 Å². The second-order valence-electron chi connectivity index (χ2n) is 6.55. The van der Waals surface area contributed by atoms with Crippen molar-refractivity contribution < 1.29 is 0 Å². The topological polar surface area (TPSA) is 61.3 Å². The highest BCUT2D eigenvalue weighted by Crippen LogP contribution is 2.19. The monoisotopic (exact) mass is 327 g/mol. The lowest BCUT2D eigenvalue weighted by atomic mass is 10.2. The molecule has 3 heterocycles. The van der Waals surface area contributed by atoms with Crippen LogP contribution in [0.4, 0.5) is 17.5 Å². The maximum atomic E-state index is 4.69. The summed E-state index contributed by atoms with van der Waals surface area (Å²) in [6.45, 7) is 7.91. The van der Waals surface area contributed by atoms with Gasteiger partial charge in [0, 0.05) is 52.4 Å². The Balaban J connectivity index is 1.64. The molecule has 0 aromatic carbocycles. The van der Waals surface area contributed by atoms with Crippen molar-refractivity contribution >= 4 is 17.5 Å². The van der Waals surface area contributed by atoms with Crippen molar-refractivity contribution in [3.63, 3.8) is 0 Å². The molecule has 0 aliphatic carbocycles. The fourth-order valence-electron chi connectivity index (χ4n) is 2.71. The zero-order valence-corrected chi connectivity index (χ0v) is 14.8. The lowest BCUT2D eigenvalue weighted by Gasteiger charge is -2.36. The predicted octanol–water partition coefficient (Wildman–Crippen LogP) is 1.78. The van der Waals surface area contributed by atoms with Gasteiger partial charge in [0.25, 0.3) is 0 Å². The molecule has 0 N–H and O–H groups in total. The minimum atomic E-state index is 0.344. The summed E-state index contributed by atoms with van der Waals surface area (Å²) in [5.74, 6) is 4.07. The SMILES string of the molecule is CC(C)c1nccc(N2CCN(c3ccc(N(C)C)nn3)CC2)n1. The molecule has 0 spiro atoms. The Morgan fingerprint density at radius 3 is 2.12 bits per heavy atom. The average Bonchev–Trinajstić information content (AvgIpc) is 2.62. The van der Waals surface area contributed by atoms with Crippen molar-refractivity contribution in [1.29, 1.82) is 0 Å². The van der Waals surface area contributed by atoms with Gasteiger partial charge in [-0.05, 0) is 18.2 Å². The molecule has 3 rings (SSSR count). The zero-order chi connectivity index (χ0) is 17.1. The van der Waals surface area contributed by atoms with Crippen molar-refractivity contribution in [2.45, 2.75) is 19.8 Å². The van der Waals surface area contributed by atoms with Crippen molar-refractivity contribution in [2.75, 3.05) is 55.0 Å². The molecule has 1 fully saturated rings. The highest BCUT2D eigenvalue weighted by Gasteiger charge is 2.20. The first-order valence-corrected chi connectivity index (χ1v) is 8.38. The average molecular weight is 327 g/mol. The highest BCUT2D eigenvalue weighted by atomic mass is 15.3. The van der Waals surface area contributed by atoms with Crippen LogP contribution in [0.2, 0.25) is 0 Å². The summed E-state index contributed by atoms with van der Waals surface area (Å²) in [5.41, 5.74) is 0. The van der Waals surface area contributed by atoms with Gasteiger partial charge >= 0.3 is 0 Å². The molecule has 1 aliphatic heterocycles. The Kier molecular flexibility index (Phi) is 4.78. The fourth-order valence-corrected chi connectivity index (χ4v) is 2.71. The van der Waals surface area contributed by atoms with E-state index in [1.54, 1.807) is 0 Å². The van der Waals surface area contributed by atoms with E-state index in [2.05, 4.69) is 43.8 Å². The van der Waals surface area contributed by atoms with Gasteiger partial charge in [-0.25, -0.2) is 9.97 Å². The molecule has 0 unspecified atom stereocenters. The molecular weight excluding hydrogens is 302 g/mol. The van der Waals surface area contributed by atoms with E-state index in [4.69, 9.17) is 0 Å². The number of anilines is 3. The molecule has 24 heavy (non-hydrogen) atoms. The van der Waals surface area contributed by atoms with Crippen LogP contribution in [0.15, 0.2) is 24.4 Å². The molecule has 1 saturated heterocycles. The van der Waals surface area contributed by atoms with Crippen molar-refractivity contribution in [2.24, 2.45) is 0 Å². The molecule has 2 aromatic rings. The van der Waals surface area contributed by atoms with Gasteiger partial charge in [-0.3, -0.25) is 0 Å². The second-order valence-corrected chi connectivity index (χ2v) is 6.55. The van der Waals surface area contributed by atoms with Crippen LogP contribution in [0.5, 0.6) is 0 Å². The molecule has 7 nitrogen and oxygen atoms in total. The molecule has 0 radical (unpaired) electrons. The third-order valence-corrected chi connectivity index (χ3v) is 4.20. The van der Waals surface area contributed by atoms with E-state index in [1.165, 1.54) is 0 Å². The quantitative estimate of drug-likeness (QED) is 0.848. The second kappa shape index (κ2) is 6.98. The van der Waals surface area contributed by atoms with E-state index in [0.29, 0.717) is 5.92 Å². The number of rotatable bonds is 4. The summed E-state index contributed by atoms with van der Waals surface area (Å²) in [7, 11) is 3.94. The summed E-state index contributed by atoms with van der Waals surface area (Å²) < 4.78 is 0. The van der Waals surface area contributed by atoms with Gasteiger partial charge in [-0.15, -0.1) is 10.2 Å². The Morgan fingerprint density at radius 2 is 1.58 bits per heavy atom. The van der Waals surface area contributed by atoms with Crippen LogP contribution in [-0.4, -0.2) is 60.4 Å². The smallest absolute Gasteiger partial charge is 0.151 e. The minimum Gasteiger partial charge on any atom is -0.361 e. The summed E-state index contributed by atoms with van der Waals surface area (Å²) in [6.07, 6.45) is 1.86. The maximum Gasteiger partial charge on any atom is 0.151 e. The lowest BCUT2D eigenvalue weighted by molar-refractivity contribution is 0.633. The number of hydrogen-bond acceptors (Lipinski definition) is 7. The van der Waals surface area contributed by atoms with Gasteiger partial charge in [-0.1, -0.05) is 13.8 Å². The Labute approximate surface area is 143 Å². The normalized spacial score (nSPS) is 15.0. The molecule has 0 atom stereocenters. The molecule has 1 aliphatic rings. The molecule has 0 saturated carbocycles. The van der Waals surface area contributed by atoms with Crippen LogP contribution >= 0.6 is 0 Å². The number of nitrogens with zero attached hydrogens (tertiary/aromatic N) is 7. The first-order chi connectivity index (χ1) is 11.5. The third kappa shape index (κ3) is 3.55. The van der Waals surface area contributed by atoms with E-state index in [9.17, 15) is 0 Å². The van der Waals surface area contributed by atoms with Crippen molar-refractivity contribution in [3.8, 4) is 0 Å². The number of hydrogen-bond donors (Lipinski definition) is 0. The molecule has 0 amide bonds. The van der Waals surface area contributed by atoms with Crippen LogP contribution in [-0.2, 0) is 0 Å². The van der Waals surface area contributed by atoms with Gasteiger partial charge in [0.1, 0.15) is 11.6 Å². The van der Waals surface area contributed by atoms with Crippen LogP contribution in [0.3, 0.4) is 0 Å². The number of piperazine rings is 1. The fraction of sp³-hybridized carbons (Fsp3) is 0.529. The van der Waals surface area contributed by atoms with Crippen LogP contribution in [0.25, 0.3) is 0 Å². The van der Waals surface area contributed by atoms with E-state index in [0.717, 1.165) is 49.5 Å². The van der Waals surface area contributed by atoms with Crippen LogP contribution in [0.1, 0.15) is 25.6 Å². The summed E-state index contributed by atoms with van der Waals surface area (Å²) >= 11 is 0. The molecule has 2 aromatic heterocycles. The summed E-state index contributed by atoms with van der Waals surface area (Å²) in [4.78, 5) is 15.6. The molecular formula is C17H25N7. The van der Waals surface area contributed by atoms with Crippen molar-refractivity contribution in [1.82, 2.24) is 20.2 Å². The first-order valence-electron chi connectivity index (χ1n) is 8.38. The van der Waals surface area contributed by atoms with E-state index in [1.807, 2.05) is 43.4 Å². The van der Waals surface area contributed by atoms with Crippen LogP contribution in [0, 0.1) is 0 Å². The highest BCUT2D eigenvalue weighted by molar-refractivity contribution is 5.47. The minimum absolute atomic E-state index is 0.344. The Bertz CT molecular complexity index is 661. The maximum absolute atomic E-state index is 4.69. The standard InChI is InChI=1S/C17H25N7/c1-13(2)17-18-8-7-14(19-17)23-9-11-24(12-10-23)16-6-5-15(20-21-16)22(3)4/h5-8,13H,9-12H2,1-4H3. The Morgan fingerprint density at radius 1 is 0.917 bits per heavy atom. The summed E-state index contributed by atoms with van der Waals surface area (Å²) in [5, 5.41) is 8.61. The largest absolute Gasteiger partial charge is 0.361 e. The van der Waals surface area contributed by atoms with E-state index < -0.39 is 0 Å². The molecule has 0 bridgehead atoms. The van der Waals surface area contributed by atoms with Gasteiger partial charge in [-0.2, -0.15) is 0 Å². The van der Waals surface area contributed by atoms with Gasteiger partial charge in [0.2, 0.25) is 0 Å². The zero-order valence-electron chi connectivity index (χ0n) is 14.8. The van der Waals surface area contributed by atoms with E-state index >= 15 is 0 Å². The summed E-state index contributed by atoms with van der Waals surface area (Å²) in [6, 6.07) is 6.04. The van der Waals surface area contributed by atoms with Gasteiger partial charge in [0.15, 0.2) is 11.6 Å². The Hall–Kier alpha value is -2.44. The first kappa shape index (κ1) is 16.4. The molecule has 7 heteroatoms. The van der Waals surface area contributed by atoms with E-state index in [-0.39, 0.29) is 0 Å². The molecule has 128 valence electrons. The van der Waals surface area contributed by atoms with Crippen molar-refractivity contribution in [3.05, 3.63) is 30.2 Å². The predicted molar refractivity (Wildman–Crippen MR) is 96.9 cm³/mol.